The normalized spacial score (nSPS) is 17.0. The zero-order valence-electron chi connectivity index (χ0n) is 12.2. The molecule has 1 heterocycles. The van der Waals surface area contributed by atoms with E-state index in [1.165, 1.54) is 18.2 Å². The number of hydrogen-bond acceptors (Lipinski definition) is 5. The minimum Gasteiger partial charge on any atom is -0.451 e. The molecule has 120 valence electrons. The van der Waals surface area contributed by atoms with Crippen molar-refractivity contribution in [1.29, 1.82) is 0 Å². The van der Waals surface area contributed by atoms with Crippen molar-refractivity contribution in [2.45, 2.75) is 17.9 Å². The lowest BCUT2D eigenvalue weighted by Gasteiger charge is -2.11. The minimum absolute atomic E-state index is 0.0590. The molecule has 0 radical (unpaired) electrons. The van der Waals surface area contributed by atoms with Gasteiger partial charge in [0, 0.05) is 10.6 Å². The summed E-state index contributed by atoms with van der Waals surface area (Å²) in [6.45, 7) is 1.58. The molecule has 0 N–H and O–H groups in total. The Morgan fingerprint density at radius 1 is 1.17 bits per heavy atom. The Kier molecular flexibility index (Phi) is 4.14. The quantitative estimate of drug-likeness (QED) is 0.624. The summed E-state index contributed by atoms with van der Waals surface area (Å²) in [5.41, 5.74) is 1.84. The third-order valence-corrected chi connectivity index (χ3v) is 5.05. The fraction of sp³-hybridized carbons (Fsp3) is 0.188. The third kappa shape index (κ3) is 3.24. The van der Waals surface area contributed by atoms with Crippen LogP contribution in [-0.4, -0.2) is 21.0 Å². The number of fused-ring (bicyclic) bond motifs is 1. The van der Waals surface area contributed by atoms with E-state index in [1.807, 2.05) is 6.92 Å². The van der Waals surface area contributed by atoms with Crippen molar-refractivity contribution in [1.82, 2.24) is 0 Å². The number of hydrogen-bond donors (Lipinski definition) is 0. The first-order valence-corrected chi connectivity index (χ1v) is 8.62. The summed E-state index contributed by atoms with van der Waals surface area (Å²) < 4.78 is 34.5. The van der Waals surface area contributed by atoms with E-state index in [4.69, 9.17) is 20.5 Å². The molecule has 0 bridgehead atoms. The van der Waals surface area contributed by atoms with Crippen molar-refractivity contribution in [3.05, 3.63) is 64.2 Å². The molecule has 1 aliphatic rings. The summed E-state index contributed by atoms with van der Waals surface area (Å²) >= 11 is 5.84. The number of rotatable bonds is 4. The first-order chi connectivity index (χ1) is 10.9. The van der Waals surface area contributed by atoms with Crippen LogP contribution in [0.25, 0.3) is 0 Å². The van der Waals surface area contributed by atoms with Gasteiger partial charge in [0.15, 0.2) is 6.10 Å². The number of benzene rings is 2. The molecule has 0 amide bonds. The summed E-state index contributed by atoms with van der Waals surface area (Å²) in [6, 6.07) is 11.1. The Hall–Kier alpha value is -1.89. The molecule has 3 rings (SSSR count). The van der Waals surface area contributed by atoms with Crippen molar-refractivity contribution >= 4 is 27.7 Å². The maximum absolute atomic E-state index is 12.2. The lowest BCUT2D eigenvalue weighted by Crippen LogP contribution is -2.13. The second-order valence-electron chi connectivity index (χ2n) is 5.18. The third-order valence-electron chi connectivity index (χ3n) is 3.52. The van der Waals surface area contributed by atoms with Crippen LogP contribution in [0.4, 0.5) is 0 Å². The maximum Gasteiger partial charge on any atom is 0.339 e. The summed E-state index contributed by atoms with van der Waals surface area (Å²) in [6.07, 6.45) is -0.769. The summed E-state index contributed by atoms with van der Waals surface area (Å²) in [7, 11) is -3.91. The average molecular weight is 353 g/mol. The lowest BCUT2D eigenvalue weighted by molar-refractivity contribution is 0.0274. The number of ether oxygens (including phenoxy) is 1. The van der Waals surface area contributed by atoms with E-state index in [1.54, 1.807) is 24.3 Å². The number of esters is 1. The number of cyclic esters (lactones) is 1. The topological polar surface area (TPSA) is 69.7 Å². The molecule has 1 unspecified atom stereocenters. The van der Waals surface area contributed by atoms with Gasteiger partial charge in [0.25, 0.3) is 10.1 Å². The SMILES string of the molecule is Cc1ccc(S(=O)(=O)OCC2OC(=O)c3cc(Cl)ccc32)cc1. The van der Waals surface area contributed by atoms with Gasteiger partial charge in [-0.2, -0.15) is 8.42 Å². The fourth-order valence-electron chi connectivity index (χ4n) is 2.29. The molecular formula is C16H13ClO5S. The van der Waals surface area contributed by atoms with Crippen LogP contribution < -0.4 is 0 Å². The molecule has 1 aliphatic heterocycles. The number of carbonyl (C=O) groups is 1. The highest BCUT2D eigenvalue weighted by Gasteiger charge is 2.32. The van der Waals surface area contributed by atoms with Crippen LogP contribution in [0.2, 0.25) is 5.02 Å². The highest BCUT2D eigenvalue weighted by Crippen LogP contribution is 2.33. The van der Waals surface area contributed by atoms with Crippen molar-refractivity contribution in [3.63, 3.8) is 0 Å². The molecule has 0 saturated carbocycles. The van der Waals surface area contributed by atoms with E-state index in [9.17, 15) is 13.2 Å². The van der Waals surface area contributed by atoms with Gasteiger partial charge < -0.3 is 4.74 Å². The van der Waals surface area contributed by atoms with E-state index in [0.717, 1.165) is 5.56 Å². The standard InChI is InChI=1S/C16H13ClO5S/c1-10-2-5-12(6-3-10)23(19,20)21-9-15-13-7-4-11(17)8-14(13)16(18)22-15/h2-8,15H,9H2,1H3. The number of halogens is 1. The van der Waals surface area contributed by atoms with Crippen LogP contribution in [0.5, 0.6) is 0 Å². The maximum atomic E-state index is 12.2. The highest BCUT2D eigenvalue weighted by molar-refractivity contribution is 7.86. The van der Waals surface area contributed by atoms with Gasteiger partial charge in [-0.3, -0.25) is 4.18 Å². The lowest BCUT2D eigenvalue weighted by atomic mass is 10.1. The molecule has 5 nitrogen and oxygen atoms in total. The van der Waals surface area contributed by atoms with Crippen LogP contribution in [-0.2, 0) is 19.0 Å². The Morgan fingerprint density at radius 2 is 1.87 bits per heavy atom. The minimum atomic E-state index is -3.91. The van der Waals surface area contributed by atoms with Gasteiger partial charge in [0.05, 0.1) is 10.5 Å². The molecule has 0 spiro atoms. The van der Waals surface area contributed by atoms with Crippen LogP contribution in [0.15, 0.2) is 47.4 Å². The molecule has 7 heteroatoms. The fourth-order valence-corrected chi connectivity index (χ4v) is 3.37. The molecular weight excluding hydrogens is 340 g/mol. The Balaban J connectivity index is 1.77. The van der Waals surface area contributed by atoms with Crippen LogP contribution >= 0.6 is 11.6 Å². The highest BCUT2D eigenvalue weighted by atomic mass is 35.5. The first kappa shape index (κ1) is 16.0. The molecule has 23 heavy (non-hydrogen) atoms. The van der Waals surface area contributed by atoms with Crippen LogP contribution in [0.3, 0.4) is 0 Å². The van der Waals surface area contributed by atoms with Crippen molar-refractivity contribution < 1.29 is 22.1 Å². The van der Waals surface area contributed by atoms with E-state index in [2.05, 4.69) is 0 Å². The van der Waals surface area contributed by atoms with Crippen LogP contribution in [0, 0.1) is 6.92 Å². The smallest absolute Gasteiger partial charge is 0.339 e. The van der Waals surface area contributed by atoms with Crippen molar-refractivity contribution in [2.24, 2.45) is 0 Å². The van der Waals surface area contributed by atoms with Gasteiger partial charge in [0.2, 0.25) is 0 Å². The van der Waals surface area contributed by atoms with Gasteiger partial charge in [0.1, 0.15) is 6.61 Å². The van der Waals surface area contributed by atoms with Crippen molar-refractivity contribution in [3.8, 4) is 0 Å². The summed E-state index contributed by atoms with van der Waals surface area (Å²) in [5.74, 6) is -0.538. The summed E-state index contributed by atoms with van der Waals surface area (Å²) in [5, 5.41) is 0.412. The van der Waals surface area contributed by atoms with E-state index in [0.29, 0.717) is 16.1 Å². The van der Waals surface area contributed by atoms with E-state index < -0.39 is 22.2 Å². The Labute approximate surface area is 138 Å². The monoisotopic (exact) mass is 352 g/mol. The molecule has 0 fully saturated rings. The van der Waals surface area contributed by atoms with Gasteiger partial charge in [-0.05, 0) is 31.2 Å². The molecule has 0 aromatic heterocycles. The van der Waals surface area contributed by atoms with Gasteiger partial charge >= 0.3 is 5.97 Å². The van der Waals surface area contributed by atoms with Gasteiger partial charge in [-0.25, -0.2) is 4.79 Å². The average Bonchev–Trinajstić information content (AvgIpc) is 2.82. The number of carbonyl (C=O) groups excluding carboxylic acids is 1. The molecule has 1 atom stereocenters. The van der Waals surface area contributed by atoms with E-state index >= 15 is 0 Å². The number of aryl methyl sites for hydroxylation is 1. The van der Waals surface area contributed by atoms with Gasteiger partial charge in [-0.1, -0.05) is 35.4 Å². The first-order valence-electron chi connectivity index (χ1n) is 6.83. The molecule has 0 aliphatic carbocycles. The Morgan fingerprint density at radius 3 is 2.57 bits per heavy atom. The molecule has 2 aromatic carbocycles. The van der Waals surface area contributed by atoms with Gasteiger partial charge in [-0.15, -0.1) is 0 Å². The van der Waals surface area contributed by atoms with E-state index in [-0.39, 0.29) is 11.5 Å². The molecule has 0 saturated heterocycles. The predicted octanol–water partition coefficient (Wildman–Crippen LogP) is 3.27. The second-order valence-corrected chi connectivity index (χ2v) is 7.23. The second kappa shape index (κ2) is 5.96. The zero-order valence-corrected chi connectivity index (χ0v) is 13.7. The largest absolute Gasteiger partial charge is 0.451 e. The zero-order chi connectivity index (χ0) is 16.6. The molecule has 2 aromatic rings. The van der Waals surface area contributed by atoms with Crippen molar-refractivity contribution in [2.75, 3.05) is 6.61 Å². The predicted molar refractivity (Wildman–Crippen MR) is 83.9 cm³/mol. The Bertz CT molecular complexity index is 859. The van der Waals surface area contributed by atoms with Crippen LogP contribution in [0.1, 0.15) is 27.6 Å². The summed E-state index contributed by atoms with van der Waals surface area (Å²) in [4.78, 5) is 11.8.